The van der Waals surface area contributed by atoms with E-state index in [1.54, 1.807) is 18.2 Å². The Hall–Kier alpha value is -1.66. The predicted molar refractivity (Wildman–Crippen MR) is 80.2 cm³/mol. The second-order valence-corrected chi connectivity index (χ2v) is 5.25. The fourth-order valence-corrected chi connectivity index (χ4v) is 2.06. The number of ether oxygens (including phenoxy) is 1. The largest absolute Gasteiger partial charge is 0.435 e. The number of rotatable bonds is 4. The van der Waals surface area contributed by atoms with E-state index in [4.69, 9.17) is 11.6 Å². The molecule has 0 bridgehead atoms. The van der Waals surface area contributed by atoms with Crippen molar-refractivity contribution in [3.05, 3.63) is 57.5 Å². The van der Waals surface area contributed by atoms with Crippen LogP contribution >= 0.6 is 27.5 Å². The lowest BCUT2D eigenvalue weighted by molar-refractivity contribution is -0.0498. The van der Waals surface area contributed by atoms with Crippen LogP contribution in [0.5, 0.6) is 5.75 Å². The molecule has 0 heterocycles. The van der Waals surface area contributed by atoms with E-state index in [1.165, 1.54) is 24.3 Å². The van der Waals surface area contributed by atoms with Crippen LogP contribution in [-0.2, 0) is 0 Å². The monoisotopic (exact) mass is 375 g/mol. The van der Waals surface area contributed by atoms with Gasteiger partial charge in [0, 0.05) is 15.7 Å². The second kappa shape index (κ2) is 6.87. The van der Waals surface area contributed by atoms with Gasteiger partial charge in [-0.3, -0.25) is 4.79 Å². The van der Waals surface area contributed by atoms with Crippen LogP contribution in [-0.4, -0.2) is 12.5 Å². The van der Waals surface area contributed by atoms with Gasteiger partial charge in [0.1, 0.15) is 5.75 Å². The zero-order valence-electron chi connectivity index (χ0n) is 10.4. The van der Waals surface area contributed by atoms with E-state index in [0.29, 0.717) is 20.7 Å². The molecule has 7 heteroatoms. The first-order chi connectivity index (χ1) is 9.95. The summed E-state index contributed by atoms with van der Waals surface area (Å²) in [4.78, 5) is 12.0. The van der Waals surface area contributed by atoms with E-state index in [9.17, 15) is 13.6 Å². The average molecular weight is 377 g/mol. The molecule has 0 atom stereocenters. The average Bonchev–Trinajstić information content (AvgIpc) is 2.43. The molecule has 1 amide bonds. The standard InChI is InChI=1S/C14H9BrClF2NO2/c15-11-7-8(1-6-12(11)16)13(20)19-9-2-4-10(5-3-9)21-14(17)18/h1-7,14H,(H,19,20). The first-order valence-electron chi connectivity index (χ1n) is 5.77. The molecule has 21 heavy (non-hydrogen) atoms. The molecule has 0 spiro atoms. The number of alkyl halides is 2. The van der Waals surface area contributed by atoms with Gasteiger partial charge in [-0.15, -0.1) is 0 Å². The number of carbonyl (C=O) groups excluding carboxylic acids is 1. The van der Waals surface area contributed by atoms with E-state index in [0.717, 1.165) is 0 Å². The number of halogens is 4. The van der Waals surface area contributed by atoms with Gasteiger partial charge >= 0.3 is 6.61 Å². The van der Waals surface area contributed by atoms with Crippen molar-refractivity contribution < 1.29 is 18.3 Å². The topological polar surface area (TPSA) is 38.3 Å². The quantitative estimate of drug-likeness (QED) is 0.819. The number of carbonyl (C=O) groups is 1. The number of nitrogens with one attached hydrogen (secondary N) is 1. The molecule has 2 aromatic carbocycles. The molecule has 1 N–H and O–H groups in total. The minimum atomic E-state index is -2.88. The van der Waals surface area contributed by atoms with Crippen molar-refractivity contribution in [1.29, 1.82) is 0 Å². The highest BCUT2D eigenvalue weighted by atomic mass is 79.9. The van der Waals surface area contributed by atoms with Gasteiger partial charge in [0.25, 0.3) is 5.91 Å². The van der Waals surface area contributed by atoms with Crippen molar-refractivity contribution in [2.24, 2.45) is 0 Å². The lowest BCUT2D eigenvalue weighted by Crippen LogP contribution is -2.11. The minimum absolute atomic E-state index is 0.0252. The molecule has 0 radical (unpaired) electrons. The Morgan fingerprint density at radius 1 is 1.19 bits per heavy atom. The van der Waals surface area contributed by atoms with Crippen molar-refractivity contribution in [3.8, 4) is 5.75 Å². The van der Waals surface area contributed by atoms with Crippen LogP contribution in [0.15, 0.2) is 46.9 Å². The summed E-state index contributed by atoms with van der Waals surface area (Å²) in [6, 6.07) is 10.4. The minimum Gasteiger partial charge on any atom is -0.435 e. The molecule has 3 nitrogen and oxygen atoms in total. The molecule has 0 aliphatic heterocycles. The van der Waals surface area contributed by atoms with Crippen molar-refractivity contribution >= 4 is 39.1 Å². The maximum atomic E-state index is 12.0. The second-order valence-electron chi connectivity index (χ2n) is 3.99. The van der Waals surface area contributed by atoms with Gasteiger partial charge in [0.05, 0.1) is 5.02 Å². The Morgan fingerprint density at radius 2 is 1.86 bits per heavy atom. The summed E-state index contributed by atoms with van der Waals surface area (Å²) >= 11 is 9.08. The molecule has 0 unspecified atom stereocenters. The highest BCUT2D eigenvalue weighted by Crippen LogP contribution is 2.24. The van der Waals surface area contributed by atoms with Crippen LogP contribution in [0, 0.1) is 0 Å². The maximum Gasteiger partial charge on any atom is 0.387 e. The third-order valence-corrected chi connectivity index (χ3v) is 3.73. The summed E-state index contributed by atoms with van der Waals surface area (Å²) in [7, 11) is 0. The van der Waals surface area contributed by atoms with Gasteiger partial charge in [-0.25, -0.2) is 0 Å². The van der Waals surface area contributed by atoms with E-state index in [-0.39, 0.29) is 11.7 Å². The summed E-state index contributed by atoms with van der Waals surface area (Å²) in [5, 5.41) is 3.14. The summed E-state index contributed by atoms with van der Waals surface area (Å²) in [5.41, 5.74) is 0.881. The Kier molecular flexibility index (Phi) is 5.14. The zero-order chi connectivity index (χ0) is 15.4. The van der Waals surface area contributed by atoms with Crippen molar-refractivity contribution in [3.63, 3.8) is 0 Å². The van der Waals surface area contributed by atoms with Gasteiger partial charge in [0.15, 0.2) is 0 Å². The van der Waals surface area contributed by atoms with Crippen molar-refractivity contribution in [1.82, 2.24) is 0 Å². The molecule has 0 aliphatic rings. The van der Waals surface area contributed by atoms with Crippen LogP contribution in [0.3, 0.4) is 0 Å². The van der Waals surface area contributed by atoms with Crippen LogP contribution in [0.1, 0.15) is 10.4 Å². The van der Waals surface area contributed by atoms with Crippen LogP contribution < -0.4 is 10.1 Å². The Bertz CT molecular complexity index is 650. The summed E-state index contributed by atoms with van der Waals surface area (Å²) in [5.74, 6) is -0.313. The number of anilines is 1. The van der Waals surface area contributed by atoms with Gasteiger partial charge in [0.2, 0.25) is 0 Å². The molecule has 2 rings (SSSR count). The zero-order valence-corrected chi connectivity index (χ0v) is 12.8. The molecular weight excluding hydrogens is 368 g/mol. The third kappa shape index (κ3) is 4.41. The van der Waals surface area contributed by atoms with Gasteiger partial charge in [-0.2, -0.15) is 8.78 Å². The molecule has 110 valence electrons. The molecule has 0 saturated carbocycles. The lowest BCUT2D eigenvalue weighted by atomic mass is 10.2. The molecule has 0 aromatic heterocycles. The highest BCUT2D eigenvalue weighted by molar-refractivity contribution is 9.10. The summed E-state index contributed by atoms with van der Waals surface area (Å²) in [6.07, 6.45) is 0. The summed E-state index contributed by atoms with van der Waals surface area (Å²) in [6.45, 7) is -2.88. The Balaban J connectivity index is 2.06. The van der Waals surface area contributed by atoms with E-state index < -0.39 is 6.61 Å². The van der Waals surface area contributed by atoms with E-state index >= 15 is 0 Å². The number of hydrogen-bond donors (Lipinski definition) is 1. The normalized spacial score (nSPS) is 10.5. The first-order valence-corrected chi connectivity index (χ1v) is 6.94. The van der Waals surface area contributed by atoms with Gasteiger partial charge in [-0.05, 0) is 58.4 Å². The van der Waals surface area contributed by atoms with Crippen molar-refractivity contribution in [2.75, 3.05) is 5.32 Å². The first kappa shape index (κ1) is 15.7. The molecule has 2 aromatic rings. The number of hydrogen-bond acceptors (Lipinski definition) is 2. The molecule has 0 saturated heterocycles. The van der Waals surface area contributed by atoms with Crippen LogP contribution in [0.2, 0.25) is 5.02 Å². The van der Waals surface area contributed by atoms with E-state index in [1.807, 2.05) is 0 Å². The fraction of sp³-hybridized carbons (Fsp3) is 0.0714. The fourth-order valence-electron chi connectivity index (χ4n) is 1.56. The van der Waals surface area contributed by atoms with Crippen LogP contribution in [0.25, 0.3) is 0 Å². The lowest BCUT2D eigenvalue weighted by Gasteiger charge is -2.08. The van der Waals surface area contributed by atoms with Gasteiger partial charge in [-0.1, -0.05) is 11.6 Å². The highest BCUT2D eigenvalue weighted by Gasteiger charge is 2.09. The molecule has 0 aliphatic carbocycles. The van der Waals surface area contributed by atoms with Crippen molar-refractivity contribution in [2.45, 2.75) is 6.61 Å². The maximum absolute atomic E-state index is 12.0. The van der Waals surface area contributed by atoms with Crippen LogP contribution in [0.4, 0.5) is 14.5 Å². The Labute approximate surface area is 133 Å². The number of amides is 1. The predicted octanol–water partition coefficient (Wildman–Crippen LogP) is 4.96. The number of benzene rings is 2. The Morgan fingerprint density at radius 3 is 2.43 bits per heavy atom. The molecular formula is C14H9BrClF2NO2. The van der Waals surface area contributed by atoms with E-state index in [2.05, 4.69) is 26.0 Å². The third-order valence-electron chi connectivity index (χ3n) is 2.52. The van der Waals surface area contributed by atoms with Gasteiger partial charge < -0.3 is 10.1 Å². The SMILES string of the molecule is O=C(Nc1ccc(OC(F)F)cc1)c1ccc(Cl)c(Br)c1. The summed E-state index contributed by atoms with van der Waals surface area (Å²) < 4.78 is 28.9. The molecule has 0 fully saturated rings. The smallest absolute Gasteiger partial charge is 0.387 e.